The normalized spacial score (nSPS) is 18.0. The van der Waals surface area contributed by atoms with Crippen LogP contribution in [-0.4, -0.2) is 52.2 Å². The molecule has 138 valence electrons. The number of amides is 1. The fourth-order valence-corrected chi connectivity index (χ4v) is 3.64. The molecule has 0 radical (unpaired) electrons. The lowest BCUT2D eigenvalue weighted by Crippen LogP contribution is -2.50. The van der Waals surface area contributed by atoms with Gasteiger partial charge in [-0.1, -0.05) is 48.5 Å². The monoisotopic (exact) mass is 362 g/mol. The molecule has 4 rings (SSSR count). The van der Waals surface area contributed by atoms with Crippen LogP contribution in [0.5, 0.6) is 0 Å². The first-order valence-corrected chi connectivity index (χ1v) is 9.11. The van der Waals surface area contributed by atoms with Crippen molar-refractivity contribution in [3.63, 3.8) is 0 Å². The quantitative estimate of drug-likeness (QED) is 0.714. The van der Waals surface area contributed by atoms with Crippen molar-refractivity contribution in [1.29, 1.82) is 0 Å². The Morgan fingerprint density at radius 3 is 2.63 bits per heavy atom. The van der Waals surface area contributed by atoms with E-state index in [1.54, 1.807) is 12.3 Å². The van der Waals surface area contributed by atoms with Crippen LogP contribution in [0.15, 0.2) is 65.6 Å². The lowest BCUT2D eigenvalue weighted by Gasteiger charge is -2.40. The number of carbonyl (C=O) groups excluding carboxylic acids is 1. The Labute approximate surface area is 157 Å². The minimum atomic E-state index is -0.230. The molecule has 0 N–H and O–H groups in total. The molecule has 1 aromatic heterocycles. The number of nitrogens with zero attached hydrogens (tertiary/aromatic N) is 4. The average molecular weight is 362 g/mol. The van der Waals surface area contributed by atoms with Gasteiger partial charge >= 0.3 is 0 Å². The molecule has 1 unspecified atom stereocenters. The lowest BCUT2D eigenvalue weighted by atomic mass is 10.0. The summed E-state index contributed by atoms with van der Waals surface area (Å²) in [6, 6.07) is 17.3. The lowest BCUT2D eigenvalue weighted by molar-refractivity contribution is -0.137. The zero-order valence-electron chi connectivity index (χ0n) is 15.3. The Balaban J connectivity index is 1.61. The van der Waals surface area contributed by atoms with Gasteiger partial charge in [0.1, 0.15) is 6.54 Å². The topological polar surface area (TPSA) is 58.4 Å². The van der Waals surface area contributed by atoms with Crippen LogP contribution in [0.4, 0.5) is 0 Å². The summed E-state index contributed by atoms with van der Waals surface area (Å²) >= 11 is 0. The third kappa shape index (κ3) is 3.48. The molecule has 0 saturated carbocycles. The van der Waals surface area contributed by atoms with Crippen molar-refractivity contribution < 1.29 is 4.79 Å². The number of aromatic nitrogens is 2. The maximum atomic E-state index is 13.1. The Morgan fingerprint density at radius 2 is 1.81 bits per heavy atom. The summed E-state index contributed by atoms with van der Waals surface area (Å²) in [4.78, 5) is 29.8. The smallest absolute Gasteiger partial charge is 0.275 e. The third-order valence-corrected chi connectivity index (χ3v) is 5.14. The summed E-state index contributed by atoms with van der Waals surface area (Å²) < 4.78 is 1.27. The molecule has 1 aliphatic heterocycles. The van der Waals surface area contributed by atoms with E-state index in [0.717, 1.165) is 24.0 Å². The molecule has 6 heteroatoms. The number of rotatable bonds is 3. The zero-order valence-corrected chi connectivity index (χ0v) is 15.3. The Bertz CT molecular complexity index is 1020. The van der Waals surface area contributed by atoms with E-state index in [2.05, 4.69) is 17.0 Å². The molecule has 1 fully saturated rings. The largest absolute Gasteiger partial charge is 0.331 e. The average Bonchev–Trinajstić information content (AvgIpc) is 2.71. The third-order valence-electron chi connectivity index (χ3n) is 5.14. The highest BCUT2D eigenvalue weighted by atomic mass is 16.2. The second-order valence-corrected chi connectivity index (χ2v) is 6.97. The summed E-state index contributed by atoms with van der Waals surface area (Å²) in [6.07, 6.45) is 1.64. The van der Waals surface area contributed by atoms with E-state index in [9.17, 15) is 9.59 Å². The summed E-state index contributed by atoms with van der Waals surface area (Å²) in [6.45, 7) is 2.18. The molecule has 27 heavy (non-hydrogen) atoms. The first-order valence-electron chi connectivity index (χ1n) is 9.11. The maximum absolute atomic E-state index is 13.1. The van der Waals surface area contributed by atoms with Gasteiger partial charge < -0.3 is 9.80 Å². The second kappa shape index (κ2) is 7.32. The molecule has 1 amide bonds. The van der Waals surface area contributed by atoms with Crippen molar-refractivity contribution >= 4 is 16.7 Å². The molecule has 2 heterocycles. The molecule has 2 aromatic carbocycles. The molecular formula is C21H22N4O2. The van der Waals surface area contributed by atoms with Crippen LogP contribution in [0.1, 0.15) is 11.6 Å². The van der Waals surface area contributed by atoms with Gasteiger partial charge in [0.05, 0.1) is 17.6 Å². The van der Waals surface area contributed by atoms with Gasteiger partial charge in [-0.05, 0) is 18.7 Å². The van der Waals surface area contributed by atoms with Crippen LogP contribution in [0.25, 0.3) is 10.8 Å². The van der Waals surface area contributed by atoms with Gasteiger partial charge in [-0.15, -0.1) is 0 Å². The van der Waals surface area contributed by atoms with E-state index in [1.807, 2.05) is 53.4 Å². The number of fused-ring (bicyclic) bond motifs is 1. The van der Waals surface area contributed by atoms with Gasteiger partial charge in [-0.3, -0.25) is 9.59 Å². The summed E-state index contributed by atoms with van der Waals surface area (Å²) in [7, 11) is 2.06. The van der Waals surface area contributed by atoms with Crippen molar-refractivity contribution in [2.24, 2.45) is 0 Å². The first-order chi connectivity index (χ1) is 13.1. The number of piperazine rings is 1. The molecule has 0 aliphatic carbocycles. The Hall–Kier alpha value is -2.99. The van der Waals surface area contributed by atoms with Crippen molar-refractivity contribution in [1.82, 2.24) is 19.6 Å². The van der Waals surface area contributed by atoms with Gasteiger partial charge in [0, 0.05) is 25.0 Å². The molecule has 0 bridgehead atoms. The molecule has 1 saturated heterocycles. The van der Waals surface area contributed by atoms with Crippen LogP contribution in [0, 0.1) is 0 Å². The molecule has 0 spiro atoms. The van der Waals surface area contributed by atoms with Crippen LogP contribution in [0.2, 0.25) is 0 Å². The highest BCUT2D eigenvalue weighted by Crippen LogP contribution is 2.25. The predicted molar refractivity (Wildman–Crippen MR) is 104 cm³/mol. The maximum Gasteiger partial charge on any atom is 0.275 e. The van der Waals surface area contributed by atoms with Crippen LogP contribution in [-0.2, 0) is 11.3 Å². The van der Waals surface area contributed by atoms with Gasteiger partial charge in [0.15, 0.2) is 0 Å². The number of carbonyl (C=O) groups is 1. The van der Waals surface area contributed by atoms with Gasteiger partial charge in [-0.2, -0.15) is 5.10 Å². The van der Waals surface area contributed by atoms with E-state index in [-0.39, 0.29) is 24.1 Å². The fraction of sp³-hybridized carbons (Fsp3) is 0.286. The summed E-state index contributed by atoms with van der Waals surface area (Å²) in [5.41, 5.74) is 0.878. The Morgan fingerprint density at radius 1 is 1.07 bits per heavy atom. The van der Waals surface area contributed by atoms with Crippen LogP contribution in [0.3, 0.4) is 0 Å². The minimum Gasteiger partial charge on any atom is -0.331 e. The van der Waals surface area contributed by atoms with E-state index in [0.29, 0.717) is 11.9 Å². The van der Waals surface area contributed by atoms with Crippen molar-refractivity contribution in [3.05, 3.63) is 76.7 Å². The predicted octanol–water partition coefficient (Wildman–Crippen LogP) is 1.91. The minimum absolute atomic E-state index is 0.0198. The highest BCUT2D eigenvalue weighted by Gasteiger charge is 2.30. The first kappa shape index (κ1) is 17.4. The van der Waals surface area contributed by atoms with Crippen LogP contribution >= 0.6 is 0 Å². The number of benzene rings is 2. The van der Waals surface area contributed by atoms with Gasteiger partial charge in [-0.25, -0.2) is 4.68 Å². The van der Waals surface area contributed by atoms with Crippen LogP contribution < -0.4 is 5.56 Å². The summed E-state index contributed by atoms with van der Waals surface area (Å²) in [5.74, 6) is -0.0816. The van der Waals surface area contributed by atoms with Crippen molar-refractivity contribution in [3.8, 4) is 0 Å². The zero-order chi connectivity index (χ0) is 18.8. The van der Waals surface area contributed by atoms with Crippen molar-refractivity contribution in [2.75, 3.05) is 26.7 Å². The van der Waals surface area contributed by atoms with Crippen molar-refractivity contribution in [2.45, 2.75) is 12.6 Å². The van der Waals surface area contributed by atoms with Gasteiger partial charge in [0.25, 0.3) is 5.56 Å². The van der Waals surface area contributed by atoms with E-state index in [4.69, 9.17) is 0 Å². The second-order valence-electron chi connectivity index (χ2n) is 6.97. The standard InChI is InChI=1S/C21H22N4O2/c1-23-11-12-24(19(14-23)16-7-3-2-4-8-16)20(26)15-25-21(27)18-10-6-5-9-17(18)13-22-25/h2-10,13,19H,11-12,14-15H2,1H3. The van der Waals surface area contributed by atoms with Gasteiger partial charge in [0.2, 0.25) is 5.91 Å². The summed E-state index contributed by atoms with van der Waals surface area (Å²) in [5, 5.41) is 5.57. The van der Waals surface area contributed by atoms with E-state index >= 15 is 0 Å². The van der Waals surface area contributed by atoms with E-state index in [1.165, 1.54) is 4.68 Å². The molecule has 1 aliphatic rings. The van der Waals surface area contributed by atoms with E-state index < -0.39 is 0 Å². The number of hydrogen-bond acceptors (Lipinski definition) is 4. The Kier molecular flexibility index (Phi) is 4.73. The number of hydrogen-bond donors (Lipinski definition) is 0. The molecule has 3 aromatic rings. The molecule has 6 nitrogen and oxygen atoms in total. The molecular weight excluding hydrogens is 340 g/mol. The highest BCUT2D eigenvalue weighted by molar-refractivity contribution is 5.81. The SMILES string of the molecule is CN1CCN(C(=O)Cn2ncc3ccccc3c2=O)C(c2ccccc2)C1. The fourth-order valence-electron chi connectivity index (χ4n) is 3.64. The molecule has 1 atom stereocenters. The number of likely N-dealkylation sites (N-methyl/N-ethyl adjacent to an activating group) is 1.